The van der Waals surface area contributed by atoms with E-state index < -0.39 is 0 Å². The lowest BCUT2D eigenvalue weighted by atomic mass is 9.97. The van der Waals surface area contributed by atoms with Crippen LogP contribution < -0.4 is 0 Å². The number of hydrogen-bond donors (Lipinski definition) is 0. The Labute approximate surface area is 131 Å². The largest absolute Gasteiger partial charge is 0.340 e. The Balaban J connectivity index is 1.44. The van der Waals surface area contributed by atoms with Gasteiger partial charge in [0, 0.05) is 39.5 Å². The summed E-state index contributed by atoms with van der Waals surface area (Å²) in [6.45, 7) is 5.83. The predicted octanol–water partition coefficient (Wildman–Crippen LogP) is 1.91. The van der Waals surface area contributed by atoms with Crippen LogP contribution in [0, 0.1) is 6.92 Å². The number of piperazine rings is 1. The van der Waals surface area contributed by atoms with Gasteiger partial charge in [-0.15, -0.1) is 0 Å². The third kappa shape index (κ3) is 3.94. The average molecular weight is 304 g/mol. The number of amides is 1. The number of aryl methyl sites for hydroxylation is 1. The molecule has 1 aliphatic carbocycles. The second-order valence-electron chi connectivity index (χ2n) is 6.17. The molecule has 1 saturated heterocycles. The van der Waals surface area contributed by atoms with Crippen molar-refractivity contribution in [1.29, 1.82) is 0 Å². The van der Waals surface area contributed by atoms with E-state index in [2.05, 4.69) is 21.1 Å². The normalized spacial score (nSPS) is 20.0. The van der Waals surface area contributed by atoms with E-state index in [-0.39, 0.29) is 5.91 Å². The van der Waals surface area contributed by atoms with Crippen LogP contribution in [0.4, 0.5) is 0 Å². The molecule has 1 fully saturated rings. The molecule has 0 atom stereocenters. The molecule has 120 valence electrons. The summed E-state index contributed by atoms with van der Waals surface area (Å²) in [7, 11) is 0. The number of nitrogens with zero attached hydrogens (tertiary/aromatic N) is 4. The van der Waals surface area contributed by atoms with E-state index in [0.29, 0.717) is 18.9 Å². The van der Waals surface area contributed by atoms with Crippen molar-refractivity contribution in [2.75, 3.05) is 26.2 Å². The first-order valence-corrected chi connectivity index (χ1v) is 8.18. The summed E-state index contributed by atoms with van der Waals surface area (Å²) in [5.41, 5.74) is 1.33. The number of rotatable bonds is 4. The van der Waals surface area contributed by atoms with Crippen LogP contribution in [0.25, 0.3) is 0 Å². The molecule has 2 heterocycles. The summed E-state index contributed by atoms with van der Waals surface area (Å²) in [5.74, 6) is 1.61. The van der Waals surface area contributed by atoms with Crippen molar-refractivity contribution in [2.45, 2.75) is 45.6 Å². The van der Waals surface area contributed by atoms with Crippen molar-refractivity contribution >= 4 is 5.91 Å². The molecule has 0 saturated carbocycles. The summed E-state index contributed by atoms with van der Waals surface area (Å²) in [5, 5.41) is 3.93. The van der Waals surface area contributed by atoms with Gasteiger partial charge in [-0.2, -0.15) is 4.98 Å². The molecule has 2 aliphatic rings. The van der Waals surface area contributed by atoms with E-state index in [9.17, 15) is 4.79 Å². The van der Waals surface area contributed by atoms with Gasteiger partial charge in [0.1, 0.15) is 0 Å². The van der Waals surface area contributed by atoms with Gasteiger partial charge in [-0.1, -0.05) is 16.8 Å². The molecule has 6 heteroatoms. The molecular weight excluding hydrogens is 280 g/mol. The highest BCUT2D eigenvalue weighted by Crippen LogP contribution is 2.21. The Bertz CT molecular complexity index is 544. The maximum absolute atomic E-state index is 12.4. The van der Waals surface area contributed by atoms with Crippen molar-refractivity contribution in [2.24, 2.45) is 0 Å². The molecule has 0 radical (unpaired) electrons. The van der Waals surface area contributed by atoms with E-state index in [4.69, 9.17) is 4.52 Å². The first-order chi connectivity index (χ1) is 10.7. The molecule has 1 amide bonds. The maximum atomic E-state index is 12.4. The lowest BCUT2D eigenvalue weighted by Crippen LogP contribution is -2.48. The van der Waals surface area contributed by atoms with Gasteiger partial charge in [0.2, 0.25) is 11.8 Å². The zero-order valence-electron chi connectivity index (χ0n) is 13.3. The highest BCUT2D eigenvalue weighted by Gasteiger charge is 2.22. The zero-order chi connectivity index (χ0) is 15.4. The minimum absolute atomic E-state index is 0.281. The standard InChI is InChI=1S/C16H24N4O2/c1-13-17-15(18-22-13)12-19-7-9-20(10-8-19)16(21)11-14-5-3-2-4-6-14/h5H,2-4,6-12H2,1H3. The van der Waals surface area contributed by atoms with Crippen LogP contribution >= 0.6 is 0 Å². The topological polar surface area (TPSA) is 62.5 Å². The van der Waals surface area contributed by atoms with Gasteiger partial charge in [0.25, 0.3) is 0 Å². The molecule has 0 spiro atoms. The third-order valence-corrected chi connectivity index (χ3v) is 4.42. The Morgan fingerprint density at radius 2 is 2.09 bits per heavy atom. The Hall–Kier alpha value is -1.69. The number of hydrogen-bond acceptors (Lipinski definition) is 5. The van der Waals surface area contributed by atoms with Crippen molar-refractivity contribution in [1.82, 2.24) is 19.9 Å². The fourth-order valence-electron chi connectivity index (χ4n) is 3.13. The molecule has 0 aromatic carbocycles. The van der Waals surface area contributed by atoms with E-state index in [1.165, 1.54) is 18.4 Å². The first-order valence-electron chi connectivity index (χ1n) is 8.18. The van der Waals surface area contributed by atoms with Crippen molar-refractivity contribution in [3.05, 3.63) is 23.4 Å². The van der Waals surface area contributed by atoms with Gasteiger partial charge < -0.3 is 9.42 Å². The Kier molecular flexibility index (Phi) is 4.87. The smallest absolute Gasteiger partial charge is 0.226 e. The second kappa shape index (κ2) is 7.05. The van der Waals surface area contributed by atoms with Crippen LogP contribution in [0.15, 0.2) is 16.2 Å². The zero-order valence-corrected chi connectivity index (χ0v) is 13.3. The summed E-state index contributed by atoms with van der Waals surface area (Å²) in [4.78, 5) is 20.9. The highest BCUT2D eigenvalue weighted by atomic mass is 16.5. The summed E-state index contributed by atoms with van der Waals surface area (Å²) >= 11 is 0. The fourth-order valence-corrected chi connectivity index (χ4v) is 3.13. The van der Waals surface area contributed by atoms with Crippen LogP contribution in [0.3, 0.4) is 0 Å². The quantitative estimate of drug-likeness (QED) is 0.795. The molecule has 0 N–H and O–H groups in total. The van der Waals surface area contributed by atoms with Crippen molar-refractivity contribution in [3.63, 3.8) is 0 Å². The molecule has 0 bridgehead atoms. The van der Waals surface area contributed by atoms with E-state index in [1.54, 1.807) is 6.92 Å². The average Bonchev–Trinajstić information content (AvgIpc) is 2.94. The molecule has 1 aliphatic heterocycles. The van der Waals surface area contributed by atoms with Gasteiger partial charge in [0.05, 0.1) is 6.54 Å². The Morgan fingerprint density at radius 3 is 2.73 bits per heavy atom. The van der Waals surface area contributed by atoms with Gasteiger partial charge in [-0.3, -0.25) is 9.69 Å². The third-order valence-electron chi connectivity index (χ3n) is 4.42. The molecule has 1 aromatic heterocycles. The molecule has 1 aromatic rings. The monoisotopic (exact) mass is 304 g/mol. The lowest BCUT2D eigenvalue weighted by molar-refractivity contribution is -0.132. The highest BCUT2D eigenvalue weighted by molar-refractivity contribution is 5.78. The number of allylic oxidation sites excluding steroid dienone is 1. The number of carbonyl (C=O) groups is 1. The number of carbonyl (C=O) groups excluding carboxylic acids is 1. The SMILES string of the molecule is Cc1nc(CN2CCN(C(=O)CC3=CCCCC3)CC2)no1. The van der Waals surface area contributed by atoms with Crippen LogP contribution in [0.5, 0.6) is 0 Å². The molecule has 6 nitrogen and oxygen atoms in total. The molecule has 3 rings (SSSR count). The van der Waals surface area contributed by atoms with E-state index in [0.717, 1.165) is 44.8 Å². The van der Waals surface area contributed by atoms with Crippen LogP contribution in [0.1, 0.15) is 43.8 Å². The van der Waals surface area contributed by atoms with Gasteiger partial charge in [0.15, 0.2) is 5.82 Å². The lowest BCUT2D eigenvalue weighted by Gasteiger charge is -2.34. The Morgan fingerprint density at radius 1 is 1.27 bits per heavy atom. The number of aromatic nitrogens is 2. The summed E-state index contributed by atoms with van der Waals surface area (Å²) in [6.07, 6.45) is 7.62. The molecule has 0 unspecified atom stereocenters. The van der Waals surface area contributed by atoms with E-state index in [1.807, 2.05) is 4.90 Å². The predicted molar refractivity (Wildman–Crippen MR) is 82.1 cm³/mol. The van der Waals surface area contributed by atoms with Crippen molar-refractivity contribution in [3.8, 4) is 0 Å². The minimum Gasteiger partial charge on any atom is -0.340 e. The van der Waals surface area contributed by atoms with Gasteiger partial charge in [-0.25, -0.2) is 0 Å². The summed E-state index contributed by atoms with van der Waals surface area (Å²) < 4.78 is 4.99. The summed E-state index contributed by atoms with van der Waals surface area (Å²) in [6, 6.07) is 0. The molecule has 22 heavy (non-hydrogen) atoms. The second-order valence-corrected chi connectivity index (χ2v) is 6.17. The first kappa shape index (κ1) is 15.2. The van der Waals surface area contributed by atoms with E-state index >= 15 is 0 Å². The van der Waals surface area contributed by atoms with Crippen LogP contribution in [0.2, 0.25) is 0 Å². The fraction of sp³-hybridized carbons (Fsp3) is 0.688. The van der Waals surface area contributed by atoms with Crippen molar-refractivity contribution < 1.29 is 9.32 Å². The van der Waals surface area contributed by atoms with Crippen LogP contribution in [-0.2, 0) is 11.3 Å². The molecular formula is C16H24N4O2. The van der Waals surface area contributed by atoms with Crippen LogP contribution in [-0.4, -0.2) is 52.0 Å². The minimum atomic E-state index is 0.281. The van der Waals surface area contributed by atoms with Gasteiger partial charge >= 0.3 is 0 Å². The maximum Gasteiger partial charge on any atom is 0.226 e. The van der Waals surface area contributed by atoms with Gasteiger partial charge in [-0.05, 0) is 25.7 Å².